The summed E-state index contributed by atoms with van der Waals surface area (Å²) in [6.07, 6.45) is 48.2. The molecule has 0 aliphatic carbocycles. The van der Waals surface area contributed by atoms with Crippen LogP contribution in [-0.2, 0) is 42.9 Å². The maximum Gasteiger partial charge on any atom is 0.335 e. The number of rotatable bonds is 53. The summed E-state index contributed by atoms with van der Waals surface area (Å²) in [4.78, 5) is 51.2. The van der Waals surface area contributed by atoms with E-state index in [-0.39, 0.29) is 25.9 Å². The smallest absolute Gasteiger partial charge is 0.335 e. The van der Waals surface area contributed by atoms with Gasteiger partial charge in [-0.25, -0.2) is 4.79 Å². The number of ether oxygens (including phenoxy) is 5. The summed E-state index contributed by atoms with van der Waals surface area (Å²) >= 11 is 0. The Balaban J connectivity index is 2.68. The van der Waals surface area contributed by atoms with Crippen molar-refractivity contribution < 1.29 is 58.2 Å². The van der Waals surface area contributed by atoms with Gasteiger partial charge in [0.2, 0.25) is 0 Å². The number of carbonyl (C=O) groups is 4. The third-order valence-electron chi connectivity index (χ3n) is 14.2. The number of carbonyl (C=O) groups excluding carboxylic acids is 3. The number of allylic oxidation sites excluding steroid dienone is 6. The third-order valence-corrected chi connectivity index (χ3v) is 14.2. The zero-order valence-electron chi connectivity index (χ0n) is 48.1. The summed E-state index contributed by atoms with van der Waals surface area (Å²) in [5.41, 5.74) is 0. The maximum atomic E-state index is 13.2. The van der Waals surface area contributed by atoms with Crippen LogP contribution in [0.3, 0.4) is 0 Å². The van der Waals surface area contributed by atoms with Gasteiger partial charge in [0.05, 0.1) is 6.61 Å². The van der Waals surface area contributed by atoms with Crippen LogP contribution in [0.4, 0.5) is 0 Å². The van der Waals surface area contributed by atoms with E-state index in [2.05, 4.69) is 57.2 Å². The van der Waals surface area contributed by atoms with Gasteiger partial charge in [-0.3, -0.25) is 14.4 Å². The molecule has 436 valence electrons. The molecule has 75 heavy (non-hydrogen) atoms. The lowest BCUT2D eigenvalue weighted by atomic mass is 9.98. The average molecular weight is 1060 g/mol. The first-order valence-electron chi connectivity index (χ1n) is 31.0. The number of hydrogen-bond donors (Lipinski definition) is 3. The van der Waals surface area contributed by atoms with Gasteiger partial charge in [0, 0.05) is 19.3 Å². The van der Waals surface area contributed by atoms with E-state index in [9.17, 15) is 34.5 Å². The predicted octanol–water partition coefficient (Wildman–Crippen LogP) is 16.0. The molecule has 0 radical (unpaired) electrons. The Hall–Kier alpha value is -3.06. The minimum absolute atomic E-state index is 0.0638. The van der Waals surface area contributed by atoms with Crippen molar-refractivity contribution in [1.82, 2.24) is 0 Å². The molecule has 0 amide bonds. The van der Waals surface area contributed by atoms with Crippen molar-refractivity contribution in [2.75, 3.05) is 13.2 Å². The number of carboxylic acid groups (broad SMARTS) is 1. The zero-order chi connectivity index (χ0) is 54.7. The second-order valence-electron chi connectivity index (χ2n) is 21.3. The molecule has 6 unspecified atom stereocenters. The first kappa shape index (κ1) is 70.0. The quantitative estimate of drug-likeness (QED) is 0.0228. The Bertz CT molecular complexity index is 1450. The summed E-state index contributed by atoms with van der Waals surface area (Å²) in [6, 6.07) is 0. The molecule has 1 rings (SSSR count). The molecule has 0 aromatic rings. The molecule has 0 aromatic carbocycles. The maximum absolute atomic E-state index is 13.2. The van der Waals surface area contributed by atoms with Gasteiger partial charge in [0.1, 0.15) is 18.8 Å². The van der Waals surface area contributed by atoms with Crippen molar-refractivity contribution in [2.24, 2.45) is 0 Å². The van der Waals surface area contributed by atoms with E-state index in [0.29, 0.717) is 19.3 Å². The van der Waals surface area contributed by atoms with Crippen LogP contribution in [0.25, 0.3) is 0 Å². The van der Waals surface area contributed by atoms with Crippen LogP contribution in [0, 0.1) is 0 Å². The van der Waals surface area contributed by atoms with E-state index >= 15 is 0 Å². The monoisotopic (exact) mass is 1060 g/mol. The Morgan fingerprint density at radius 2 is 0.800 bits per heavy atom. The lowest BCUT2D eigenvalue weighted by Gasteiger charge is -2.40. The summed E-state index contributed by atoms with van der Waals surface area (Å²) < 4.78 is 28.5. The van der Waals surface area contributed by atoms with Crippen LogP contribution in [0.15, 0.2) is 36.5 Å². The van der Waals surface area contributed by atoms with E-state index < -0.39 is 67.3 Å². The molecule has 3 N–H and O–H groups in total. The van der Waals surface area contributed by atoms with Crippen LogP contribution in [0.5, 0.6) is 0 Å². The Kier molecular flexibility index (Phi) is 48.2. The van der Waals surface area contributed by atoms with Gasteiger partial charge >= 0.3 is 23.9 Å². The molecular formula is C63H112O12. The van der Waals surface area contributed by atoms with Crippen LogP contribution >= 0.6 is 0 Å². The Morgan fingerprint density at radius 3 is 1.24 bits per heavy atom. The van der Waals surface area contributed by atoms with Crippen molar-refractivity contribution in [2.45, 2.75) is 327 Å². The molecule has 1 aliphatic rings. The highest BCUT2D eigenvalue weighted by Crippen LogP contribution is 2.27. The first-order chi connectivity index (χ1) is 36.6. The van der Waals surface area contributed by atoms with E-state index in [1.807, 2.05) is 0 Å². The minimum atomic E-state index is -1.90. The SMILES string of the molecule is CCCCC/C=C\C/C=C\CCCCCCCCCC(=O)OCC(COC1OC(C(=O)O)C(O)C(O)C1OC(=O)CCCCCCCCCCCCCCC)OC(=O)CCCCCCC/C=C\CCCCCCCC. The first-order valence-corrected chi connectivity index (χ1v) is 31.0. The molecule has 0 spiro atoms. The van der Waals surface area contributed by atoms with Crippen LogP contribution in [0.1, 0.15) is 290 Å². The normalized spacial score (nSPS) is 18.3. The highest BCUT2D eigenvalue weighted by atomic mass is 16.7. The van der Waals surface area contributed by atoms with Gasteiger partial charge in [0.25, 0.3) is 0 Å². The molecule has 12 heteroatoms. The fraction of sp³-hybridized carbons (Fsp3) is 0.841. The van der Waals surface area contributed by atoms with E-state index in [1.54, 1.807) is 0 Å². The molecule has 6 atom stereocenters. The molecule has 1 saturated heterocycles. The predicted molar refractivity (Wildman–Crippen MR) is 303 cm³/mol. The number of hydrogen-bond acceptors (Lipinski definition) is 11. The largest absolute Gasteiger partial charge is 0.479 e. The van der Waals surface area contributed by atoms with Crippen molar-refractivity contribution in [3.05, 3.63) is 36.5 Å². The van der Waals surface area contributed by atoms with Gasteiger partial charge in [-0.1, -0.05) is 231 Å². The topological polar surface area (TPSA) is 175 Å². The number of aliphatic hydroxyl groups excluding tert-OH is 2. The molecule has 0 saturated carbocycles. The number of esters is 3. The van der Waals surface area contributed by atoms with Crippen molar-refractivity contribution in [3.63, 3.8) is 0 Å². The number of unbranched alkanes of at least 4 members (excludes halogenated alkanes) is 33. The number of aliphatic hydroxyl groups is 2. The Morgan fingerprint density at radius 1 is 0.440 bits per heavy atom. The van der Waals surface area contributed by atoms with Crippen LogP contribution < -0.4 is 0 Å². The summed E-state index contributed by atoms with van der Waals surface area (Å²) in [5.74, 6) is -3.11. The summed E-state index contributed by atoms with van der Waals surface area (Å²) in [5, 5.41) is 31.5. The lowest BCUT2D eigenvalue weighted by Crippen LogP contribution is -2.61. The second kappa shape index (κ2) is 51.7. The lowest BCUT2D eigenvalue weighted by molar-refractivity contribution is -0.301. The fourth-order valence-electron chi connectivity index (χ4n) is 9.39. The number of aliphatic carboxylic acids is 1. The van der Waals surface area contributed by atoms with E-state index in [0.717, 1.165) is 103 Å². The molecule has 1 fully saturated rings. The molecule has 12 nitrogen and oxygen atoms in total. The molecule has 1 heterocycles. The van der Waals surface area contributed by atoms with Crippen molar-refractivity contribution >= 4 is 23.9 Å². The Labute approximate surface area is 457 Å². The molecular weight excluding hydrogens is 949 g/mol. The van der Waals surface area contributed by atoms with Crippen molar-refractivity contribution in [3.8, 4) is 0 Å². The van der Waals surface area contributed by atoms with Gasteiger partial charge in [0.15, 0.2) is 24.6 Å². The van der Waals surface area contributed by atoms with E-state index in [4.69, 9.17) is 23.7 Å². The van der Waals surface area contributed by atoms with Gasteiger partial charge in [-0.2, -0.15) is 0 Å². The van der Waals surface area contributed by atoms with E-state index in [1.165, 1.54) is 128 Å². The molecule has 1 aliphatic heterocycles. The van der Waals surface area contributed by atoms with Crippen LogP contribution in [-0.4, -0.2) is 89.2 Å². The number of carboxylic acids is 1. The molecule has 0 aromatic heterocycles. The molecule has 0 bridgehead atoms. The standard InChI is InChI=1S/C63H112O12/c1-4-7-10-13-16-19-22-25-27-28-30-32-34-37-40-43-46-49-55(64)71-52-54(73-56(65)50-47-44-41-38-36-33-29-26-23-20-17-14-11-8-5-2)53-72-63-61(59(68)58(67)60(75-63)62(69)70)74-57(66)51-48-45-42-39-35-31-24-21-18-15-12-9-6-3/h16,19,25-27,29,54,58-61,63,67-68H,4-15,17-18,20-24,28,30-53H2,1-3H3,(H,69,70)/b19-16-,27-25-,29-26-. The van der Waals surface area contributed by atoms with Crippen molar-refractivity contribution in [1.29, 1.82) is 0 Å². The third kappa shape index (κ3) is 41.7. The summed E-state index contributed by atoms with van der Waals surface area (Å²) in [7, 11) is 0. The fourth-order valence-corrected chi connectivity index (χ4v) is 9.39. The van der Waals surface area contributed by atoms with Gasteiger partial charge in [-0.05, 0) is 77.0 Å². The summed E-state index contributed by atoms with van der Waals surface area (Å²) in [6.45, 7) is 5.97. The van der Waals surface area contributed by atoms with Gasteiger partial charge in [-0.15, -0.1) is 0 Å². The average Bonchev–Trinajstić information content (AvgIpc) is 3.39. The highest BCUT2D eigenvalue weighted by molar-refractivity contribution is 5.74. The van der Waals surface area contributed by atoms with Crippen LogP contribution in [0.2, 0.25) is 0 Å². The zero-order valence-corrected chi connectivity index (χ0v) is 48.1. The minimum Gasteiger partial charge on any atom is -0.479 e. The highest BCUT2D eigenvalue weighted by Gasteiger charge is 2.50. The second-order valence-corrected chi connectivity index (χ2v) is 21.3. The van der Waals surface area contributed by atoms with Gasteiger partial charge < -0.3 is 39.0 Å².